The maximum absolute atomic E-state index is 5.63. The SMILES string of the molecule is CC(C)c1ccc(SCCCCCl)cc1. The molecule has 0 saturated carbocycles. The first-order valence-electron chi connectivity index (χ1n) is 5.52. The van der Waals surface area contributed by atoms with Crippen LogP contribution in [0, 0.1) is 0 Å². The van der Waals surface area contributed by atoms with Crippen LogP contribution in [0.2, 0.25) is 0 Å². The van der Waals surface area contributed by atoms with Gasteiger partial charge in [-0.3, -0.25) is 0 Å². The van der Waals surface area contributed by atoms with E-state index in [1.165, 1.54) is 22.6 Å². The van der Waals surface area contributed by atoms with Gasteiger partial charge in [0, 0.05) is 10.8 Å². The molecule has 0 radical (unpaired) electrons. The summed E-state index contributed by atoms with van der Waals surface area (Å²) in [6.45, 7) is 4.45. The van der Waals surface area contributed by atoms with E-state index in [0.717, 1.165) is 12.3 Å². The first-order valence-corrected chi connectivity index (χ1v) is 7.04. The highest BCUT2D eigenvalue weighted by atomic mass is 35.5. The molecule has 0 unspecified atom stereocenters. The fourth-order valence-corrected chi connectivity index (χ4v) is 2.44. The van der Waals surface area contributed by atoms with Gasteiger partial charge in [0.15, 0.2) is 0 Å². The monoisotopic (exact) mass is 242 g/mol. The average Bonchev–Trinajstić information content (AvgIpc) is 2.25. The van der Waals surface area contributed by atoms with Crippen LogP contribution in [0.5, 0.6) is 0 Å². The maximum Gasteiger partial charge on any atom is 0.0223 e. The van der Waals surface area contributed by atoms with Gasteiger partial charge >= 0.3 is 0 Å². The first kappa shape index (κ1) is 12.9. The number of halogens is 1. The van der Waals surface area contributed by atoms with Gasteiger partial charge in [-0.2, -0.15) is 0 Å². The maximum atomic E-state index is 5.63. The average molecular weight is 243 g/mol. The summed E-state index contributed by atoms with van der Waals surface area (Å²) in [7, 11) is 0. The molecule has 0 bridgehead atoms. The zero-order valence-electron chi connectivity index (χ0n) is 9.50. The third kappa shape index (κ3) is 4.94. The first-order chi connectivity index (χ1) is 7.24. The van der Waals surface area contributed by atoms with E-state index >= 15 is 0 Å². The van der Waals surface area contributed by atoms with Crippen LogP contribution in [-0.2, 0) is 0 Å². The minimum atomic E-state index is 0.625. The van der Waals surface area contributed by atoms with Crippen molar-refractivity contribution >= 4 is 23.4 Å². The molecule has 2 heteroatoms. The lowest BCUT2D eigenvalue weighted by Crippen LogP contribution is -1.86. The fourth-order valence-electron chi connectivity index (χ4n) is 1.34. The third-order valence-corrected chi connectivity index (χ3v) is 3.71. The minimum Gasteiger partial charge on any atom is -0.127 e. The van der Waals surface area contributed by atoms with Gasteiger partial charge in [-0.1, -0.05) is 26.0 Å². The second kappa shape index (κ2) is 7.19. The molecule has 1 aromatic carbocycles. The van der Waals surface area contributed by atoms with Crippen molar-refractivity contribution in [2.24, 2.45) is 0 Å². The van der Waals surface area contributed by atoms with Gasteiger partial charge in [-0.05, 0) is 42.2 Å². The number of thioether (sulfide) groups is 1. The van der Waals surface area contributed by atoms with E-state index in [1.807, 2.05) is 11.8 Å². The predicted molar refractivity (Wildman–Crippen MR) is 71.2 cm³/mol. The summed E-state index contributed by atoms with van der Waals surface area (Å²) >= 11 is 7.55. The smallest absolute Gasteiger partial charge is 0.0223 e. The van der Waals surface area contributed by atoms with Gasteiger partial charge in [-0.15, -0.1) is 23.4 Å². The summed E-state index contributed by atoms with van der Waals surface area (Å²) in [5, 5.41) is 0. The van der Waals surface area contributed by atoms with Crippen molar-refractivity contribution in [2.75, 3.05) is 11.6 Å². The molecule has 0 N–H and O–H groups in total. The van der Waals surface area contributed by atoms with Crippen molar-refractivity contribution in [1.29, 1.82) is 0 Å². The topological polar surface area (TPSA) is 0 Å². The van der Waals surface area contributed by atoms with Crippen LogP contribution in [0.3, 0.4) is 0 Å². The van der Waals surface area contributed by atoms with Crippen molar-refractivity contribution in [1.82, 2.24) is 0 Å². The molecule has 1 aromatic rings. The van der Waals surface area contributed by atoms with E-state index < -0.39 is 0 Å². The number of hydrogen-bond acceptors (Lipinski definition) is 1. The molecule has 0 saturated heterocycles. The minimum absolute atomic E-state index is 0.625. The van der Waals surface area contributed by atoms with E-state index in [9.17, 15) is 0 Å². The molecule has 0 aliphatic rings. The summed E-state index contributed by atoms with van der Waals surface area (Å²) in [6.07, 6.45) is 2.33. The standard InChI is InChI=1S/C13H19ClS/c1-11(2)12-5-7-13(8-6-12)15-10-4-3-9-14/h5-8,11H,3-4,9-10H2,1-2H3. The lowest BCUT2D eigenvalue weighted by molar-refractivity contribution is 0.864. The van der Waals surface area contributed by atoms with Gasteiger partial charge in [0.1, 0.15) is 0 Å². The Morgan fingerprint density at radius 3 is 2.33 bits per heavy atom. The fraction of sp³-hybridized carbons (Fsp3) is 0.538. The number of hydrogen-bond donors (Lipinski definition) is 0. The van der Waals surface area contributed by atoms with Crippen molar-refractivity contribution in [3.8, 4) is 0 Å². The van der Waals surface area contributed by atoms with Gasteiger partial charge in [0.25, 0.3) is 0 Å². The van der Waals surface area contributed by atoms with Crippen LogP contribution >= 0.6 is 23.4 Å². The van der Waals surface area contributed by atoms with E-state index in [2.05, 4.69) is 38.1 Å². The molecule has 0 amide bonds. The van der Waals surface area contributed by atoms with Crippen LogP contribution in [0.1, 0.15) is 38.2 Å². The van der Waals surface area contributed by atoms with Crippen LogP contribution in [0.4, 0.5) is 0 Å². The zero-order valence-corrected chi connectivity index (χ0v) is 11.1. The Balaban J connectivity index is 2.36. The highest BCUT2D eigenvalue weighted by Crippen LogP contribution is 2.22. The predicted octanol–water partition coefficient (Wildman–Crippen LogP) is 4.92. The number of alkyl halides is 1. The van der Waals surface area contributed by atoms with E-state index in [0.29, 0.717) is 5.92 Å². The molecule has 0 heterocycles. The lowest BCUT2D eigenvalue weighted by atomic mass is 10.0. The Labute approximate surface area is 102 Å². The van der Waals surface area contributed by atoms with E-state index in [4.69, 9.17) is 11.6 Å². The van der Waals surface area contributed by atoms with E-state index in [-0.39, 0.29) is 0 Å². The molecule has 84 valence electrons. The van der Waals surface area contributed by atoms with Gasteiger partial charge in [-0.25, -0.2) is 0 Å². The molecule has 0 aromatic heterocycles. The van der Waals surface area contributed by atoms with Crippen LogP contribution < -0.4 is 0 Å². The van der Waals surface area contributed by atoms with Crippen molar-refractivity contribution in [3.63, 3.8) is 0 Å². The van der Waals surface area contributed by atoms with Gasteiger partial charge < -0.3 is 0 Å². The summed E-state index contributed by atoms with van der Waals surface area (Å²) in [5.41, 5.74) is 1.42. The summed E-state index contributed by atoms with van der Waals surface area (Å²) in [5.74, 6) is 2.58. The molecule has 0 aliphatic carbocycles. The molecule has 0 aliphatic heterocycles. The van der Waals surface area contributed by atoms with Crippen molar-refractivity contribution in [2.45, 2.75) is 37.5 Å². The molecule has 0 spiro atoms. The number of rotatable bonds is 6. The summed E-state index contributed by atoms with van der Waals surface area (Å²) in [6, 6.07) is 8.91. The molecule has 15 heavy (non-hydrogen) atoms. The Morgan fingerprint density at radius 2 is 1.80 bits per heavy atom. The quantitative estimate of drug-likeness (QED) is 0.388. The van der Waals surface area contributed by atoms with Gasteiger partial charge in [0.05, 0.1) is 0 Å². The van der Waals surface area contributed by atoms with Crippen LogP contribution in [0.25, 0.3) is 0 Å². The molecular weight excluding hydrogens is 224 g/mol. The number of benzene rings is 1. The molecule has 0 atom stereocenters. The molecule has 0 fully saturated rings. The Kier molecular flexibility index (Phi) is 6.19. The summed E-state index contributed by atoms with van der Waals surface area (Å²) in [4.78, 5) is 1.37. The Bertz CT molecular complexity index is 266. The molecular formula is C13H19ClS. The molecule has 0 nitrogen and oxygen atoms in total. The lowest BCUT2D eigenvalue weighted by Gasteiger charge is -2.06. The van der Waals surface area contributed by atoms with Crippen molar-refractivity contribution < 1.29 is 0 Å². The largest absolute Gasteiger partial charge is 0.127 e. The van der Waals surface area contributed by atoms with Crippen LogP contribution in [0.15, 0.2) is 29.2 Å². The number of unbranched alkanes of at least 4 members (excludes halogenated alkanes) is 1. The van der Waals surface area contributed by atoms with Crippen molar-refractivity contribution in [3.05, 3.63) is 29.8 Å². The van der Waals surface area contributed by atoms with Gasteiger partial charge in [0.2, 0.25) is 0 Å². The normalized spacial score (nSPS) is 10.9. The second-order valence-electron chi connectivity index (χ2n) is 3.97. The second-order valence-corrected chi connectivity index (χ2v) is 5.51. The Morgan fingerprint density at radius 1 is 1.13 bits per heavy atom. The summed E-state index contributed by atoms with van der Waals surface area (Å²) < 4.78 is 0. The Hall–Kier alpha value is -0.140. The van der Waals surface area contributed by atoms with E-state index in [1.54, 1.807) is 0 Å². The highest BCUT2D eigenvalue weighted by molar-refractivity contribution is 7.99. The third-order valence-electron chi connectivity index (χ3n) is 2.34. The molecule has 1 rings (SSSR count). The van der Waals surface area contributed by atoms with Crippen LogP contribution in [-0.4, -0.2) is 11.6 Å². The zero-order chi connectivity index (χ0) is 11.1. The highest BCUT2D eigenvalue weighted by Gasteiger charge is 1.99.